The van der Waals surface area contributed by atoms with Crippen LogP contribution in [0.5, 0.6) is 5.75 Å². The lowest BCUT2D eigenvalue weighted by molar-refractivity contribution is -0.135. The summed E-state index contributed by atoms with van der Waals surface area (Å²) < 4.78 is 5.33. The van der Waals surface area contributed by atoms with Gasteiger partial charge in [0, 0.05) is 37.1 Å². The van der Waals surface area contributed by atoms with Gasteiger partial charge in [-0.1, -0.05) is 0 Å². The zero-order valence-electron chi connectivity index (χ0n) is 13.6. The third kappa shape index (κ3) is 3.35. The Bertz CT molecular complexity index is 601. The Hall–Kier alpha value is -1.60. The number of hydrogen-bond acceptors (Lipinski definition) is 5. The van der Waals surface area contributed by atoms with Gasteiger partial charge >= 0.3 is 0 Å². The molecule has 0 aliphatic carbocycles. The maximum absolute atomic E-state index is 12.8. The molecule has 126 valence electrons. The lowest BCUT2D eigenvalue weighted by Gasteiger charge is -2.41. The molecule has 0 radical (unpaired) electrons. The van der Waals surface area contributed by atoms with Crippen LogP contribution in [0.1, 0.15) is 27.4 Å². The van der Waals surface area contributed by atoms with Gasteiger partial charge in [0.15, 0.2) is 0 Å². The van der Waals surface area contributed by atoms with Gasteiger partial charge in [0.1, 0.15) is 10.6 Å². The van der Waals surface area contributed by atoms with Gasteiger partial charge in [0.05, 0.1) is 13.7 Å². The number of nitrogens with one attached hydrogen (secondary N) is 1. The highest BCUT2D eigenvalue weighted by atomic mass is 32.1. The molecule has 1 aromatic heterocycles. The molecule has 2 aliphatic heterocycles. The molecule has 0 spiro atoms. The van der Waals surface area contributed by atoms with Crippen molar-refractivity contribution in [2.24, 2.45) is 0 Å². The Kier molecular flexibility index (Phi) is 4.87. The van der Waals surface area contributed by atoms with Crippen molar-refractivity contribution in [2.45, 2.75) is 25.8 Å². The first kappa shape index (κ1) is 16.3. The molecule has 1 unspecified atom stereocenters. The number of piperazine rings is 1. The van der Waals surface area contributed by atoms with Crippen molar-refractivity contribution in [3.05, 3.63) is 15.8 Å². The predicted octanol–water partition coefficient (Wildman–Crippen LogP) is 1.10. The fourth-order valence-electron chi connectivity index (χ4n) is 3.34. The van der Waals surface area contributed by atoms with Crippen LogP contribution in [0.25, 0.3) is 0 Å². The smallest absolute Gasteiger partial charge is 0.267 e. The first-order chi connectivity index (χ1) is 11.1. The molecular weight excluding hydrogens is 314 g/mol. The third-order valence-electron chi connectivity index (χ3n) is 4.49. The van der Waals surface area contributed by atoms with E-state index in [0.29, 0.717) is 23.7 Å². The van der Waals surface area contributed by atoms with E-state index in [9.17, 15) is 9.59 Å². The molecular formula is C16H23N3O3S. The van der Waals surface area contributed by atoms with Gasteiger partial charge in [-0.3, -0.25) is 9.59 Å². The van der Waals surface area contributed by atoms with Gasteiger partial charge in [-0.05, 0) is 25.8 Å². The first-order valence-corrected chi connectivity index (χ1v) is 8.85. The number of amides is 2. The summed E-state index contributed by atoms with van der Waals surface area (Å²) in [5.74, 6) is 0.810. The monoisotopic (exact) mass is 337 g/mol. The maximum Gasteiger partial charge on any atom is 0.267 e. The lowest BCUT2D eigenvalue weighted by atomic mass is 10.0. The second kappa shape index (κ2) is 6.88. The van der Waals surface area contributed by atoms with Crippen LogP contribution in [0.3, 0.4) is 0 Å². The van der Waals surface area contributed by atoms with E-state index < -0.39 is 0 Å². The van der Waals surface area contributed by atoms with Crippen LogP contribution < -0.4 is 10.1 Å². The summed E-state index contributed by atoms with van der Waals surface area (Å²) in [4.78, 5) is 30.5. The maximum atomic E-state index is 12.8. The molecule has 0 saturated carbocycles. The highest BCUT2D eigenvalue weighted by Gasteiger charge is 2.33. The van der Waals surface area contributed by atoms with Crippen molar-refractivity contribution >= 4 is 23.2 Å². The Morgan fingerprint density at radius 3 is 3.00 bits per heavy atom. The molecule has 1 atom stereocenters. The number of hydrogen-bond donors (Lipinski definition) is 1. The highest BCUT2D eigenvalue weighted by molar-refractivity contribution is 7.14. The summed E-state index contributed by atoms with van der Waals surface area (Å²) in [7, 11) is 1.59. The number of rotatable bonds is 3. The van der Waals surface area contributed by atoms with Crippen molar-refractivity contribution in [1.29, 1.82) is 0 Å². The molecule has 3 rings (SSSR count). The average Bonchev–Trinajstić information content (AvgIpc) is 2.95. The molecule has 0 bridgehead atoms. The van der Waals surface area contributed by atoms with Gasteiger partial charge in [-0.25, -0.2) is 0 Å². The Morgan fingerprint density at radius 2 is 2.26 bits per heavy atom. The van der Waals surface area contributed by atoms with E-state index in [1.54, 1.807) is 7.11 Å². The van der Waals surface area contributed by atoms with E-state index >= 15 is 0 Å². The molecule has 1 N–H and O–H groups in total. The minimum atomic E-state index is 0.0206. The summed E-state index contributed by atoms with van der Waals surface area (Å²) in [6, 6.07) is 2.04. The summed E-state index contributed by atoms with van der Waals surface area (Å²) in [6.07, 6.45) is 1.90. The number of nitrogens with zero attached hydrogens (tertiary/aromatic N) is 2. The number of methoxy groups -OCH3 is 1. The SMILES string of the molecule is COc1cc(C)sc1C(=O)N1CCCC(N2CCNCC2=O)C1. The van der Waals surface area contributed by atoms with Crippen molar-refractivity contribution in [2.75, 3.05) is 39.8 Å². The molecule has 2 fully saturated rings. The Morgan fingerprint density at radius 1 is 1.43 bits per heavy atom. The van der Waals surface area contributed by atoms with E-state index in [4.69, 9.17) is 4.74 Å². The van der Waals surface area contributed by atoms with Gasteiger partial charge in [-0.2, -0.15) is 0 Å². The number of thiophene rings is 1. The zero-order chi connectivity index (χ0) is 16.4. The van der Waals surface area contributed by atoms with Gasteiger partial charge < -0.3 is 19.9 Å². The van der Waals surface area contributed by atoms with Crippen LogP contribution in [0.15, 0.2) is 6.07 Å². The number of likely N-dealkylation sites (tertiary alicyclic amines) is 1. The van der Waals surface area contributed by atoms with Crippen molar-refractivity contribution in [3.63, 3.8) is 0 Å². The zero-order valence-corrected chi connectivity index (χ0v) is 14.4. The van der Waals surface area contributed by atoms with Crippen molar-refractivity contribution in [3.8, 4) is 5.75 Å². The molecule has 1 aromatic rings. The summed E-state index contributed by atoms with van der Waals surface area (Å²) in [5.41, 5.74) is 0. The minimum absolute atomic E-state index is 0.0206. The lowest BCUT2D eigenvalue weighted by Crippen LogP contribution is -2.57. The molecule has 3 heterocycles. The molecule has 0 aromatic carbocycles. The Labute approximate surface area is 140 Å². The summed E-state index contributed by atoms with van der Waals surface area (Å²) in [5, 5.41) is 3.09. The number of piperidine rings is 1. The van der Waals surface area contributed by atoms with E-state index in [0.717, 1.165) is 37.4 Å². The van der Waals surface area contributed by atoms with Crippen molar-refractivity contribution < 1.29 is 14.3 Å². The molecule has 23 heavy (non-hydrogen) atoms. The molecule has 6 nitrogen and oxygen atoms in total. The fraction of sp³-hybridized carbons (Fsp3) is 0.625. The van der Waals surface area contributed by atoms with Crippen LogP contribution >= 0.6 is 11.3 Å². The quantitative estimate of drug-likeness (QED) is 0.897. The first-order valence-electron chi connectivity index (χ1n) is 8.04. The second-order valence-electron chi connectivity index (χ2n) is 6.07. The molecule has 2 amide bonds. The standard InChI is InChI=1S/C16H23N3O3S/c1-11-8-13(22-2)15(23-11)16(21)18-6-3-4-12(10-18)19-7-5-17-9-14(19)20/h8,12,17H,3-7,9-10H2,1-2H3. The topological polar surface area (TPSA) is 61.9 Å². The predicted molar refractivity (Wildman–Crippen MR) is 89.1 cm³/mol. The molecule has 7 heteroatoms. The van der Waals surface area contributed by atoms with E-state index in [2.05, 4.69) is 5.32 Å². The van der Waals surface area contributed by atoms with Crippen LogP contribution in [-0.2, 0) is 4.79 Å². The van der Waals surface area contributed by atoms with E-state index in [1.165, 1.54) is 11.3 Å². The van der Waals surface area contributed by atoms with Gasteiger partial charge in [0.25, 0.3) is 5.91 Å². The average molecular weight is 337 g/mol. The molecule has 2 saturated heterocycles. The van der Waals surface area contributed by atoms with Crippen LogP contribution in [0.2, 0.25) is 0 Å². The number of carbonyl (C=O) groups excluding carboxylic acids is 2. The second-order valence-corrected chi connectivity index (χ2v) is 7.32. The van der Waals surface area contributed by atoms with Crippen LogP contribution in [0, 0.1) is 6.92 Å². The molecule has 2 aliphatic rings. The fourth-order valence-corrected chi connectivity index (χ4v) is 4.28. The minimum Gasteiger partial charge on any atom is -0.495 e. The van der Waals surface area contributed by atoms with E-state index in [1.807, 2.05) is 22.8 Å². The third-order valence-corrected chi connectivity index (χ3v) is 5.51. The highest BCUT2D eigenvalue weighted by Crippen LogP contribution is 2.31. The Balaban J connectivity index is 1.72. The van der Waals surface area contributed by atoms with Crippen LogP contribution in [-0.4, -0.2) is 67.5 Å². The normalized spacial score (nSPS) is 22.3. The van der Waals surface area contributed by atoms with Gasteiger partial charge in [-0.15, -0.1) is 11.3 Å². The summed E-state index contributed by atoms with van der Waals surface area (Å²) in [6.45, 7) is 5.30. The largest absolute Gasteiger partial charge is 0.495 e. The number of aryl methyl sites for hydroxylation is 1. The number of carbonyl (C=O) groups is 2. The van der Waals surface area contributed by atoms with Crippen molar-refractivity contribution in [1.82, 2.24) is 15.1 Å². The van der Waals surface area contributed by atoms with E-state index in [-0.39, 0.29) is 17.9 Å². The van der Waals surface area contributed by atoms with Crippen LogP contribution in [0.4, 0.5) is 0 Å². The number of ether oxygens (including phenoxy) is 1. The summed E-state index contributed by atoms with van der Waals surface area (Å²) >= 11 is 1.47. The van der Waals surface area contributed by atoms with Gasteiger partial charge in [0.2, 0.25) is 5.91 Å².